The van der Waals surface area contributed by atoms with E-state index in [1.54, 1.807) is 12.1 Å². The van der Waals surface area contributed by atoms with Crippen LogP contribution in [0.1, 0.15) is 0 Å². The van der Waals surface area contributed by atoms with E-state index in [-0.39, 0.29) is 5.69 Å². The number of nitrogens with zero attached hydrogens (tertiary/aromatic N) is 2. The summed E-state index contributed by atoms with van der Waals surface area (Å²) < 4.78 is 4.34. The van der Waals surface area contributed by atoms with Crippen molar-refractivity contribution in [2.24, 2.45) is 0 Å². The molecule has 2 rings (SSSR count). The average molecular weight is 179 g/mol. The summed E-state index contributed by atoms with van der Waals surface area (Å²) in [5.41, 5.74) is 0.103. The second kappa shape index (κ2) is 2.53. The first-order valence-corrected chi connectivity index (χ1v) is 3.97. The first-order chi connectivity index (χ1) is 5.79. The van der Waals surface area contributed by atoms with E-state index in [0.29, 0.717) is 10.1 Å². The Hall–Kier alpha value is -1.49. The van der Waals surface area contributed by atoms with Gasteiger partial charge in [0.15, 0.2) is 0 Å². The second-order valence-corrected chi connectivity index (χ2v) is 2.98. The minimum atomic E-state index is -0.408. The Balaban J connectivity index is 2.82. The summed E-state index contributed by atoms with van der Waals surface area (Å²) in [4.78, 5) is 10.1. The number of non-ortho nitro benzene ring substituents is 1. The van der Waals surface area contributed by atoms with Crippen LogP contribution in [0.15, 0.2) is 18.2 Å². The van der Waals surface area contributed by atoms with E-state index in [9.17, 15) is 10.1 Å². The van der Waals surface area contributed by atoms with E-state index in [2.05, 4.69) is 10.6 Å². The van der Waals surface area contributed by atoms with E-state index >= 15 is 0 Å². The van der Waals surface area contributed by atoms with Crippen LogP contribution in [0.2, 0.25) is 0 Å². The predicted octanol–water partition coefficient (Wildman–Crippen LogP) is 2.00. The molecule has 0 amide bonds. The van der Waals surface area contributed by atoms with Crippen LogP contribution in [0.4, 0.5) is 5.69 Å². The third-order valence-corrected chi connectivity index (χ3v) is 2.29. The highest BCUT2D eigenvalue weighted by Gasteiger charge is 2.12. The van der Waals surface area contributed by atoms with Crippen molar-refractivity contribution in [2.75, 3.05) is 0 Å². The molecule has 1 aromatic carbocycles. The molecule has 0 aliphatic rings. The van der Waals surface area contributed by atoms with Gasteiger partial charge in [-0.1, -0.05) is 12.1 Å². The Morgan fingerprint density at radius 2 is 2.42 bits per heavy atom. The molecule has 1 heterocycles. The molecule has 0 aliphatic carbocycles. The lowest BCUT2D eigenvalue weighted by Crippen LogP contribution is -1.86. The molecule has 1 aromatic heterocycles. The number of hydrogen-bond donors (Lipinski definition) is 0. The topological polar surface area (TPSA) is 56.0 Å². The zero-order chi connectivity index (χ0) is 8.55. The molecule has 0 unspecified atom stereocenters. The fourth-order valence-electron chi connectivity index (χ4n) is 0.970. The maximum absolute atomic E-state index is 10.5. The number of aromatic nitrogens is 1. The van der Waals surface area contributed by atoms with Crippen molar-refractivity contribution in [2.45, 2.75) is 0 Å². The van der Waals surface area contributed by atoms with Gasteiger partial charge >= 0.3 is 0 Å². The third kappa shape index (κ3) is 0.947. The Morgan fingerprint density at radius 1 is 1.58 bits per heavy atom. The van der Waals surface area contributed by atoms with Crippen LogP contribution >= 0.6 is 11.5 Å². The van der Waals surface area contributed by atoms with Gasteiger partial charge in [-0.3, -0.25) is 10.1 Å². The molecule has 0 aliphatic heterocycles. The molecule has 0 saturated heterocycles. The first kappa shape index (κ1) is 7.17. The van der Waals surface area contributed by atoms with Gasteiger partial charge in [-0.15, -0.1) is 0 Å². The largest absolute Gasteiger partial charge is 0.288 e. The lowest BCUT2D eigenvalue weighted by Gasteiger charge is -1.89. The van der Waals surface area contributed by atoms with Crippen molar-refractivity contribution in [1.82, 2.24) is 4.37 Å². The van der Waals surface area contributed by atoms with Gasteiger partial charge in [-0.05, 0) is 11.5 Å². The van der Waals surface area contributed by atoms with Gasteiger partial charge in [-0.25, -0.2) is 0 Å². The summed E-state index contributed by atoms with van der Waals surface area (Å²) in [7, 11) is 0. The summed E-state index contributed by atoms with van der Waals surface area (Å²) in [5.74, 6) is 0. The van der Waals surface area contributed by atoms with Crippen LogP contribution in [0, 0.1) is 16.3 Å². The summed E-state index contributed by atoms with van der Waals surface area (Å²) in [6, 6.07) is 4.85. The lowest BCUT2D eigenvalue weighted by atomic mass is 10.2. The fourth-order valence-corrected chi connectivity index (χ4v) is 1.65. The Labute approximate surface area is 71.8 Å². The zero-order valence-electron chi connectivity index (χ0n) is 5.85. The second-order valence-electron chi connectivity index (χ2n) is 2.21. The van der Waals surface area contributed by atoms with E-state index in [1.165, 1.54) is 6.07 Å². The number of hydrogen-bond acceptors (Lipinski definition) is 4. The average Bonchev–Trinajstić information content (AvgIpc) is 2.49. The fraction of sp³-hybridized carbons (Fsp3) is 0. The summed E-state index contributed by atoms with van der Waals surface area (Å²) in [6.07, 6.45) is 2.68. The van der Waals surface area contributed by atoms with Gasteiger partial charge in [0, 0.05) is 11.5 Å². The van der Waals surface area contributed by atoms with Crippen LogP contribution in [-0.4, -0.2) is 9.30 Å². The van der Waals surface area contributed by atoms with Crippen molar-refractivity contribution < 1.29 is 4.92 Å². The molecule has 12 heavy (non-hydrogen) atoms. The summed E-state index contributed by atoms with van der Waals surface area (Å²) in [5, 5.41) is 11.2. The maximum atomic E-state index is 10.5. The summed E-state index contributed by atoms with van der Waals surface area (Å²) in [6.45, 7) is 0. The molecule has 5 heteroatoms. The molecule has 0 spiro atoms. The maximum Gasteiger partial charge on any atom is 0.288 e. The molecular formula is C7H3N2O2S. The third-order valence-electron chi connectivity index (χ3n) is 1.49. The number of nitro groups is 1. The van der Waals surface area contributed by atoms with Gasteiger partial charge in [0.1, 0.15) is 10.9 Å². The standard InChI is InChI=1S/C7H3N2O2S/c10-9(11)6-3-1-2-5-4-8-12-7(5)6/h1-3H. The van der Waals surface area contributed by atoms with Crippen LogP contribution < -0.4 is 0 Å². The highest BCUT2D eigenvalue weighted by Crippen LogP contribution is 2.27. The first-order valence-electron chi connectivity index (χ1n) is 3.19. The molecule has 0 saturated carbocycles. The molecule has 0 atom stereocenters. The Bertz CT molecular complexity index is 438. The van der Waals surface area contributed by atoms with E-state index in [4.69, 9.17) is 0 Å². The molecular weight excluding hydrogens is 176 g/mol. The predicted molar refractivity (Wildman–Crippen MR) is 45.1 cm³/mol. The van der Waals surface area contributed by atoms with Crippen molar-refractivity contribution in [3.8, 4) is 0 Å². The van der Waals surface area contributed by atoms with Crippen LogP contribution in [0.3, 0.4) is 0 Å². The molecule has 0 fully saturated rings. The lowest BCUT2D eigenvalue weighted by molar-refractivity contribution is -0.382. The number of benzene rings is 1. The minimum absolute atomic E-state index is 0.103. The quantitative estimate of drug-likeness (QED) is 0.497. The normalized spacial score (nSPS) is 10.3. The van der Waals surface area contributed by atoms with Crippen LogP contribution in [0.5, 0.6) is 0 Å². The molecule has 2 aromatic rings. The summed E-state index contributed by atoms with van der Waals surface area (Å²) >= 11 is 1.10. The zero-order valence-corrected chi connectivity index (χ0v) is 6.67. The van der Waals surface area contributed by atoms with Crippen LogP contribution in [-0.2, 0) is 0 Å². The van der Waals surface area contributed by atoms with E-state index < -0.39 is 4.92 Å². The minimum Gasteiger partial charge on any atom is -0.258 e. The SMILES string of the molecule is O=[N+]([O-])c1cccc2[c]nsc12. The number of nitro benzene ring substituents is 1. The number of fused-ring (bicyclic) bond motifs is 1. The van der Waals surface area contributed by atoms with Gasteiger partial charge < -0.3 is 0 Å². The van der Waals surface area contributed by atoms with Crippen molar-refractivity contribution in [3.63, 3.8) is 0 Å². The number of rotatable bonds is 1. The molecule has 59 valence electrons. The highest BCUT2D eigenvalue weighted by molar-refractivity contribution is 7.13. The van der Waals surface area contributed by atoms with Gasteiger partial charge in [0.05, 0.1) is 4.92 Å². The monoisotopic (exact) mass is 179 g/mol. The molecule has 4 nitrogen and oxygen atoms in total. The van der Waals surface area contributed by atoms with E-state index in [1.807, 2.05) is 0 Å². The van der Waals surface area contributed by atoms with E-state index in [0.717, 1.165) is 11.5 Å². The molecule has 0 bridgehead atoms. The smallest absolute Gasteiger partial charge is 0.258 e. The van der Waals surface area contributed by atoms with Crippen molar-refractivity contribution in [3.05, 3.63) is 34.5 Å². The molecule has 0 N–H and O–H groups in total. The Morgan fingerprint density at radius 3 is 3.17 bits per heavy atom. The highest BCUT2D eigenvalue weighted by atomic mass is 32.1. The van der Waals surface area contributed by atoms with Gasteiger partial charge in [0.2, 0.25) is 0 Å². The van der Waals surface area contributed by atoms with Crippen molar-refractivity contribution >= 4 is 27.3 Å². The molecule has 1 radical (unpaired) electrons. The van der Waals surface area contributed by atoms with Gasteiger partial charge in [-0.2, -0.15) is 4.37 Å². The Kier molecular flexibility index (Phi) is 1.51. The van der Waals surface area contributed by atoms with Gasteiger partial charge in [0.25, 0.3) is 5.69 Å². The van der Waals surface area contributed by atoms with Crippen LogP contribution in [0.25, 0.3) is 10.1 Å². The van der Waals surface area contributed by atoms with Crippen molar-refractivity contribution in [1.29, 1.82) is 0 Å².